The van der Waals surface area contributed by atoms with E-state index in [9.17, 15) is 5.11 Å². The molecule has 0 amide bonds. The van der Waals surface area contributed by atoms with Gasteiger partial charge in [0, 0.05) is 0 Å². The van der Waals surface area contributed by atoms with E-state index >= 15 is 0 Å². The van der Waals surface area contributed by atoms with Crippen molar-refractivity contribution in [3.05, 3.63) is 23.7 Å². The summed E-state index contributed by atoms with van der Waals surface area (Å²) < 4.78 is 5.37. The molecule has 1 aromatic rings. The molecule has 0 aliphatic heterocycles. The monoisotopic (exact) mass is 220 g/mol. The summed E-state index contributed by atoms with van der Waals surface area (Å²) in [5.74, 6) is 3.36. The highest BCUT2D eigenvalue weighted by atomic mass is 16.4. The third-order valence-electron chi connectivity index (χ3n) is 4.61. The number of aliphatic hydroxyl groups excluding tert-OH is 1. The average Bonchev–Trinajstić information content (AvgIpc) is 2.92. The summed E-state index contributed by atoms with van der Waals surface area (Å²) in [6, 6.07) is 1.93. The van der Waals surface area contributed by atoms with Gasteiger partial charge in [0.25, 0.3) is 0 Å². The fourth-order valence-corrected chi connectivity index (χ4v) is 3.78. The van der Waals surface area contributed by atoms with Crippen molar-refractivity contribution in [1.29, 1.82) is 0 Å². The molecule has 1 N–H and O–H groups in total. The molecule has 2 aliphatic rings. The lowest BCUT2D eigenvalue weighted by Gasteiger charge is -2.23. The van der Waals surface area contributed by atoms with E-state index in [4.69, 9.17) is 4.42 Å². The topological polar surface area (TPSA) is 33.4 Å². The maximum Gasteiger partial charge on any atom is 0.135 e. The fourth-order valence-electron chi connectivity index (χ4n) is 3.78. The quantitative estimate of drug-likeness (QED) is 0.846. The molecule has 3 rings (SSSR count). The van der Waals surface area contributed by atoms with Crippen molar-refractivity contribution in [3.8, 4) is 0 Å². The molecule has 16 heavy (non-hydrogen) atoms. The Kier molecular flexibility index (Phi) is 2.55. The predicted molar refractivity (Wildman–Crippen MR) is 62.0 cm³/mol. The number of aliphatic hydroxyl groups is 1. The van der Waals surface area contributed by atoms with Gasteiger partial charge < -0.3 is 9.52 Å². The van der Waals surface area contributed by atoms with Crippen LogP contribution in [0.5, 0.6) is 0 Å². The SMILES string of the molecule is Cc1ccoc1C(O)CC1CC2CCC1C2. The molecule has 2 saturated carbocycles. The van der Waals surface area contributed by atoms with E-state index in [0.29, 0.717) is 0 Å². The largest absolute Gasteiger partial charge is 0.466 e. The highest BCUT2D eigenvalue weighted by molar-refractivity contribution is 5.17. The van der Waals surface area contributed by atoms with Gasteiger partial charge in [-0.3, -0.25) is 0 Å². The van der Waals surface area contributed by atoms with E-state index in [-0.39, 0.29) is 6.10 Å². The van der Waals surface area contributed by atoms with Crippen LogP contribution in [-0.4, -0.2) is 5.11 Å². The molecule has 0 saturated heterocycles. The van der Waals surface area contributed by atoms with Crippen LogP contribution < -0.4 is 0 Å². The van der Waals surface area contributed by atoms with Crippen LogP contribution in [0.3, 0.4) is 0 Å². The molecular weight excluding hydrogens is 200 g/mol. The Morgan fingerprint density at radius 3 is 2.88 bits per heavy atom. The number of hydrogen-bond donors (Lipinski definition) is 1. The number of furan rings is 1. The van der Waals surface area contributed by atoms with Gasteiger partial charge >= 0.3 is 0 Å². The Bertz CT molecular complexity index is 369. The van der Waals surface area contributed by atoms with Gasteiger partial charge in [0.15, 0.2) is 0 Å². The minimum Gasteiger partial charge on any atom is -0.466 e. The molecule has 4 atom stereocenters. The first-order valence-corrected chi connectivity index (χ1v) is 6.46. The maximum atomic E-state index is 10.2. The van der Waals surface area contributed by atoms with Gasteiger partial charge in [0.05, 0.1) is 6.26 Å². The number of hydrogen-bond acceptors (Lipinski definition) is 2. The van der Waals surface area contributed by atoms with Crippen molar-refractivity contribution in [3.63, 3.8) is 0 Å². The molecule has 1 aromatic heterocycles. The zero-order valence-electron chi connectivity index (χ0n) is 9.86. The van der Waals surface area contributed by atoms with E-state index in [1.54, 1.807) is 6.26 Å². The lowest BCUT2D eigenvalue weighted by molar-refractivity contribution is 0.104. The molecular formula is C14H20O2. The molecule has 2 aliphatic carbocycles. The van der Waals surface area contributed by atoms with Crippen LogP contribution in [0.2, 0.25) is 0 Å². The van der Waals surface area contributed by atoms with Crippen LogP contribution in [0, 0.1) is 24.7 Å². The zero-order chi connectivity index (χ0) is 11.1. The molecule has 0 spiro atoms. The lowest BCUT2D eigenvalue weighted by Crippen LogP contribution is -2.14. The zero-order valence-corrected chi connectivity index (χ0v) is 9.86. The Morgan fingerprint density at radius 2 is 2.31 bits per heavy atom. The second kappa shape index (κ2) is 3.92. The summed E-state index contributed by atoms with van der Waals surface area (Å²) in [4.78, 5) is 0. The smallest absolute Gasteiger partial charge is 0.135 e. The second-order valence-corrected chi connectivity index (χ2v) is 5.65. The van der Waals surface area contributed by atoms with Crippen LogP contribution in [-0.2, 0) is 0 Å². The molecule has 2 heteroatoms. The molecule has 4 unspecified atom stereocenters. The van der Waals surface area contributed by atoms with Crippen molar-refractivity contribution < 1.29 is 9.52 Å². The summed E-state index contributed by atoms with van der Waals surface area (Å²) in [6.45, 7) is 2.00. The van der Waals surface area contributed by atoms with Gasteiger partial charge in [-0.25, -0.2) is 0 Å². The van der Waals surface area contributed by atoms with Crippen LogP contribution >= 0.6 is 0 Å². The second-order valence-electron chi connectivity index (χ2n) is 5.65. The standard InChI is InChI=1S/C14H20O2/c1-9-4-5-16-14(9)13(15)8-12-7-10-2-3-11(12)6-10/h4-5,10-13,15H,2-3,6-8H2,1H3. The van der Waals surface area contributed by atoms with Gasteiger partial charge in [-0.05, 0) is 62.0 Å². The van der Waals surface area contributed by atoms with Crippen LogP contribution in [0.15, 0.2) is 16.7 Å². The van der Waals surface area contributed by atoms with Crippen molar-refractivity contribution in [1.82, 2.24) is 0 Å². The first-order valence-electron chi connectivity index (χ1n) is 6.46. The van der Waals surface area contributed by atoms with Crippen LogP contribution in [0.1, 0.15) is 49.5 Å². The first-order chi connectivity index (χ1) is 7.74. The number of aryl methyl sites for hydroxylation is 1. The molecule has 2 bridgehead atoms. The van der Waals surface area contributed by atoms with Gasteiger partial charge in [0.2, 0.25) is 0 Å². The van der Waals surface area contributed by atoms with Crippen molar-refractivity contribution in [2.24, 2.45) is 17.8 Å². The summed E-state index contributed by atoms with van der Waals surface area (Å²) in [5, 5.41) is 10.2. The highest BCUT2D eigenvalue weighted by Gasteiger charge is 2.40. The van der Waals surface area contributed by atoms with Crippen molar-refractivity contribution >= 4 is 0 Å². The minimum absolute atomic E-state index is 0.389. The van der Waals surface area contributed by atoms with Crippen molar-refractivity contribution in [2.45, 2.75) is 45.1 Å². The van der Waals surface area contributed by atoms with E-state index < -0.39 is 0 Å². The van der Waals surface area contributed by atoms with Gasteiger partial charge in [0.1, 0.15) is 11.9 Å². The average molecular weight is 220 g/mol. The van der Waals surface area contributed by atoms with E-state index in [1.165, 1.54) is 25.7 Å². The molecule has 88 valence electrons. The molecule has 0 radical (unpaired) electrons. The third-order valence-corrected chi connectivity index (χ3v) is 4.61. The molecule has 2 fully saturated rings. The first kappa shape index (κ1) is 10.4. The lowest BCUT2D eigenvalue weighted by atomic mass is 9.84. The number of fused-ring (bicyclic) bond motifs is 2. The normalized spacial score (nSPS) is 34.5. The Labute approximate surface area is 96.7 Å². The van der Waals surface area contributed by atoms with Gasteiger partial charge in [-0.1, -0.05) is 6.42 Å². The summed E-state index contributed by atoms with van der Waals surface area (Å²) >= 11 is 0. The third kappa shape index (κ3) is 1.69. The van der Waals surface area contributed by atoms with Gasteiger partial charge in [-0.15, -0.1) is 0 Å². The Balaban J connectivity index is 1.65. The molecule has 0 aromatic carbocycles. The Hall–Kier alpha value is -0.760. The number of rotatable bonds is 3. The minimum atomic E-state index is -0.389. The summed E-state index contributed by atoms with van der Waals surface area (Å²) in [6.07, 6.45) is 7.75. The Morgan fingerprint density at radius 1 is 1.44 bits per heavy atom. The fraction of sp³-hybridized carbons (Fsp3) is 0.714. The summed E-state index contributed by atoms with van der Waals surface area (Å²) in [5.41, 5.74) is 1.08. The molecule has 1 heterocycles. The van der Waals surface area contributed by atoms with E-state index in [1.807, 2.05) is 13.0 Å². The molecule has 2 nitrogen and oxygen atoms in total. The predicted octanol–water partition coefficient (Wildman–Crippen LogP) is 3.45. The van der Waals surface area contributed by atoms with Gasteiger partial charge in [-0.2, -0.15) is 0 Å². The van der Waals surface area contributed by atoms with Crippen LogP contribution in [0.25, 0.3) is 0 Å². The van der Waals surface area contributed by atoms with Crippen molar-refractivity contribution in [2.75, 3.05) is 0 Å². The summed E-state index contributed by atoms with van der Waals surface area (Å²) in [7, 11) is 0. The van der Waals surface area contributed by atoms with E-state index in [2.05, 4.69) is 0 Å². The van der Waals surface area contributed by atoms with Crippen LogP contribution in [0.4, 0.5) is 0 Å². The highest BCUT2D eigenvalue weighted by Crippen LogP contribution is 2.51. The maximum absolute atomic E-state index is 10.2. The van der Waals surface area contributed by atoms with E-state index in [0.717, 1.165) is 35.5 Å².